The van der Waals surface area contributed by atoms with Crippen LogP contribution < -0.4 is 5.32 Å². The molecule has 0 bridgehead atoms. The highest BCUT2D eigenvalue weighted by Crippen LogP contribution is 1.99. The van der Waals surface area contributed by atoms with Crippen LogP contribution in [0.5, 0.6) is 0 Å². The smallest absolute Gasteiger partial charge is 0.0656 e. The standard InChI is InChI=1S/C7H15NO/c1-6(2)7(5-9)4-8-3/h8-9H,4-5H2,1-3H3. The molecular formula is C7H15NO. The molecule has 0 fully saturated rings. The molecule has 0 aliphatic heterocycles. The molecule has 0 heterocycles. The first-order valence-electron chi connectivity index (χ1n) is 3.13. The monoisotopic (exact) mass is 129 g/mol. The highest BCUT2D eigenvalue weighted by atomic mass is 16.3. The molecule has 9 heavy (non-hydrogen) atoms. The number of aliphatic hydroxyl groups excluding tert-OH is 1. The van der Waals surface area contributed by atoms with Crippen molar-refractivity contribution in [3.05, 3.63) is 11.1 Å². The van der Waals surface area contributed by atoms with Crippen LogP contribution in [-0.2, 0) is 0 Å². The van der Waals surface area contributed by atoms with E-state index in [1.807, 2.05) is 20.9 Å². The van der Waals surface area contributed by atoms with Gasteiger partial charge in [-0.2, -0.15) is 0 Å². The van der Waals surface area contributed by atoms with Gasteiger partial charge in [0.25, 0.3) is 0 Å². The van der Waals surface area contributed by atoms with Gasteiger partial charge in [0.15, 0.2) is 0 Å². The number of nitrogens with one attached hydrogen (secondary N) is 1. The average Bonchev–Trinajstić information content (AvgIpc) is 1.82. The lowest BCUT2D eigenvalue weighted by atomic mass is 10.1. The van der Waals surface area contributed by atoms with Crippen molar-refractivity contribution in [3.8, 4) is 0 Å². The molecule has 0 saturated carbocycles. The van der Waals surface area contributed by atoms with Gasteiger partial charge in [0.1, 0.15) is 0 Å². The summed E-state index contributed by atoms with van der Waals surface area (Å²) >= 11 is 0. The van der Waals surface area contributed by atoms with Crippen LogP contribution in [0, 0.1) is 0 Å². The molecule has 0 spiro atoms. The van der Waals surface area contributed by atoms with E-state index in [0.29, 0.717) is 0 Å². The van der Waals surface area contributed by atoms with Crippen molar-refractivity contribution in [2.45, 2.75) is 13.8 Å². The van der Waals surface area contributed by atoms with Crippen molar-refractivity contribution in [1.29, 1.82) is 0 Å². The maximum atomic E-state index is 8.73. The Morgan fingerprint density at radius 3 is 2.11 bits per heavy atom. The first-order valence-corrected chi connectivity index (χ1v) is 3.13. The second kappa shape index (κ2) is 4.53. The lowest BCUT2D eigenvalue weighted by Crippen LogP contribution is -2.13. The Morgan fingerprint density at radius 2 is 2.00 bits per heavy atom. The molecule has 0 saturated heterocycles. The van der Waals surface area contributed by atoms with Crippen molar-refractivity contribution < 1.29 is 5.11 Å². The lowest BCUT2D eigenvalue weighted by Gasteiger charge is -2.03. The van der Waals surface area contributed by atoms with Gasteiger partial charge in [-0.05, 0) is 26.5 Å². The molecule has 0 radical (unpaired) electrons. The van der Waals surface area contributed by atoms with E-state index in [4.69, 9.17) is 5.11 Å². The normalized spacial score (nSPS) is 9.33. The lowest BCUT2D eigenvalue weighted by molar-refractivity contribution is 0.326. The third-order valence-electron chi connectivity index (χ3n) is 1.29. The van der Waals surface area contributed by atoms with Crippen LogP contribution in [0.25, 0.3) is 0 Å². The molecule has 0 aliphatic carbocycles. The summed E-state index contributed by atoms with van der Waals surface area (Å²) < 4.78 is 0. The van der Waals surface area contributed by atoms with Crippen molar-refractivity contribution in [3.63, 3.8) is 0 Å². The van der Waals surface area contributed by atoms with Gasteiger partial charge < -0.3 is 10.4 Å². The Labute approximate surface area is 56.6 Å². The van der Waals surface area contributed by atoms with Gasteiger partial charge in [-0.15, -0.1) is 0 Å². The molecule has 0 aromatic rings. The van der Waals surface area contributed by atoms with Crippen LogP contribution in [-0.4, -0.2) is 25.3 Å². The summed E-state index contributed by atoms with van der Waals surface area (Å²) in [6, 6.07) is 0. The Bertz CT molecular complexity index is 103. The van der Waals surface area contributed by atoms with Crippen molar-refractivity contribution in [1.82, 2.24) is 5.32 Å². The van der Waals surface area contributed by atoms with Gasteiger partial charge in [0.05, 0.1) is 6.61 Å². The zero-order valence-corrected chi connectivity index (χ0v) is 6.36. The number of likely N-dealkylation sites (N-methyl/N-ethyl adjacent to an activating group) is 1. The van der Waals surface area contributed by atoms with Crippen LogP contribution in [0.15, 0.2) is 11.1 Å². The van der Waals surface area contributed by atoms with Gasteiger partial charge >= 0.3 is 0 Å². The fourth-order valence-electron chi connectivity index (χ4n) is 0.604. The minimum Gasteiger partial charge on any atom is -0.392 e. The van der Waals surface area contributed by atoms with Crippen LogP contribution in [0.2, 0.25) is 0 Å². The Balaban J connectivity index is 3.83. The van der Waals surface area contributed by atoms with E-state index < -0.39 is 0 Å². The fraction of sp³-hybridized carbons (Fsp3) is 0.714. The maximum Gasteiger partial charge on any atom is 0.0656 e. The second-order valence-electron chi connectivity index (χ2n) is 2.29. The summed E-state index contributed by atoms with van der Waals surface area (Å²) in [5, 5.41) is 11.7. The minimum absolute atomic E-state index is 0.170. The molecule has 2 N–H and O–H groups in total. The molecule has 2 nitrogen and oxygen atoms in total. The SMILES string of the molecule is CNCC(CO)=C(C)C. The van der Waals surface area contributed by atoms with E-state index in [1.54, 1.807) is 0 Å². The molecule has 0 amide bonds. The van der Waals surface area contributed by atoms with Gasteiger partial charge in [0.2, 0.25) is 0 Å². The van der Waals surface area contributed by atoms with E-state index in [-0.39, 0.29) is 6.61 Å². The van der Waals surface area contributed by atoms with Crippen LogP contribution >= 0.6 is 0 Å². The van der Waals surface area contributed by atoms with Crippen LogP contribution in [0.3, 0.4) is 0 Å². The first-order chi connectivity index (χ1) is 4.22. The van der Waals surface area contributed by atoms with E-state index >= 15 is 0 Å². The minimum atomic E-state index is 0.170. The molecule has 0 atom stereocenters. The van der Waals surface area contributed by atoms with Gasteiger partial charge in [-0.3, -0.25) is 0 Å². The van der Waals surface area contributed by atoms with E-state index in [2.05, 4.69) is 5.32 Å². The van der Waals surface area contributed by atoms with Crippen LogP contribution in [0.4, 0.5) is 0 Å². The predicted molar refractivity (Wildman–Crippen MR) is 39.4 cm³/mol. The molecule has 54 valence electrons. The average molecular weight is 129 g/mol. The molecule has 0 rings (SSSR count). The van der Waals surface area contributed by atoms with E-state index in [1.165, 1.54) is 5.57 Å². The van der Waals surface area contributed by atoms with Crippen molar-refractivity contribution >= 4 is 0 Å². The largest absolute Gasteiger partial charge is 0.392 e. The molecule has 0 aromatic heterocycles. The third kappa shape index (κ3) is 3.27. The van der Waals surface area contributed by atoms with E-state index in [9.17, 15) is 0 Å². The quantitative estimate of drug-likeness (QED) is 0.545. The van der Waals surface area contributed by atoms with Gasteiger partial charge in [-0.1, -0.05) is 5.57 Å². The number of aliphatic hydroxyl groups is 1. The fourth-order valence-corrected chi connectivity index (χ4v) is 0.604. The molecular weight excluding hydrogens is 114 g/mol. The summed E-state index contributed by atoms with van der Waals surface area (Å²) in [5.41, 5.74) is 2.28. The topological polar surface area (TPSA) is 32.3 Å². The highest BCUT2D eigenvalue weighted by Gasteiger charge is 1.93. The third-order valence-corrected chi connectivity index (χ3v) is 1.29. The molecule has 2 heteroatoms. The first kappa shape index (κ1) is 8.66. The Kier molecular flexibility index (Phi) is 4.36. The van der Waals surface area contributed by atoms with E-state index in [0.717, 1.165) is 12.1 Å². The summed E-state index contributed by atoms with van der Waals surface area (Å²) in [5.74, 6) is 0. The van der Waals surface area contributed by atoms with Crippen molar-refractivity contribution in [2.75, 3.05) is 20.2 Å². The number of allylic oxidation sites excluding steroid dienone is 1. The predicted octanol–water partition coefficient (Wildman–Crippen LogP) is 0.534. The summed E-state index contributed by atoms with van der Waals surface area (Å²) in [6.07, 6.45) is 0. The molecule has 0 aromatic carbocycles. The zero-order valence-electron chi connectivity index (χ0n) is 6.36. The second-order valence-corrected chi connectivity index (χ2v) is 2.29. The summed E-state index contributed by atoms with van der Waals surface area (Å²) in [6.45, 7) is 4.97. The molecule has 0 unspecified atom stereocenters. The maximum absolute atomic E-state index is 8.73. The van der Waals surface area contributed by atoms with Gasteiger partial charge in [-0.25, -0.2) is 0 Å². The zero-order chi connectivity index (χ0) is 7.28. The highest BCUT2D eigenvalue weighted by molar-refractivity contribution is 5.11. The molecule has 0 aliphatic rings. The van der Waals surface area contributed by atoms with Gasteiger partial charge in [0, 0.05) is 6.54 Å². The number of rotatable bonds is 3. The summed E-state index contributed by atoms with van der Waals surface area (Å²) in [7, 11) is 1.87. The van der Waals surface area contributed by atoms with Crippen LogP contribution in [0.1, 0.15) is 13.8 Å². The Morgan fingerprint density at radius 1 is 1.44 bits per heavy atom. The number of hydrogen-bond acceptors (Lipinski definition) is 2. The van der Waals surface area contributed by atoms with Crippen molar-refractivity contribution in [2.24, 2.45) is 0 Å². The Hall–Kier alpha value is -0.340. The number of hydrogen-bond donors (Lipinski definition) is 2. The summed E-state index contributed by atoms with van der Waals surface area (Å²) in [4.78, 5) is 0.